The van der Waals surface area contributed by atoms with Crippen molar-refractivity contribution in [3.8, 4) is 21.6 Å². The fourth-order valence-corrected chi connectivity index (χ4v) is 3.51. The highest BCUT2D eigenvalue weighted by atomic mass is 35.5. The maximum absolute atomic E-state index is 6.35. The number of anilines is 1. The van der Waals surface area contributed by atoms with Crippen molar-refractivity contribution in [2.75, 3.05) is 11.9 Å². The maximum atomic E-state index is 6.35. The number of rotatable bonds is 5. The first-order valence-corrected chi connectivity index (χ1v) is 8.85. The molecule has 3 nitrogen and oxygen atoms in total. The SMILES string of the molecule is CCCNc1ncc(-c2ccncc2-c2cc(Cl)ccc2Cl)s1. The Kier molecular flexibility index (Phi) is 5.16. The number of pyridine rings is 1. The molecule has 0 aliphatic rings. The third-order valence-corrected chi connectivity index (χ3v) is 4.89. The van der Waals surface area contributed by atoms with E-state index in [0.29, 0.717) is 10.0 Å². The van der Waals surface area contributed by atoms with Crippen LogP contribution in [-0.4, -0.2) is 16.5 Å². The highest BCUT2D eigenvalue weighted by Gasteiger charge is 2.13. The molecule has 118 valence electrons. The molecule has 0 unspecified atom stereocenters. The van der Waals surface area contributed by atoms with Crippen molar-refractivity contribution in [2.45, 2.75) is 13.3 Å². The van der Waals surface area contributed by atoms with Crippen LogP contribution in [0.5, 0.6) is 0 Å². The first-order valence-electron chi connectivity index (χ1n) is 7.28. The van der Waals surface area contributed by atoms with Crippen LogP contribution in [0.25, 0.3) is 21.6 Å². The number of halogens is 2. The van der Waals surface area contributed by atoms with Crippen LogP contribution in [-0.2, 0) is 0 Å². The van der Waals surface area contributed by atoms with Gasteiger partial charge in [-0.3, -0.25) is 4.98 Å². The van der Waals surface area contributed by atoms with Crippen molar-refractivity contribution in [1.82, 2.24) is 9.97 Å². The molecule has 3 rings (SSSR count). The first kappa shape index (κ1) is 16.2. The molecular weight excluding hydrogens is 349 g/mol. The average Bonchev–Trinajstić information content (AvgIpc) is 3.04. The summed E-state index contributed by atoms with van der Waals surface area (Å²) >= 11 is 14.1. The zero-order chi connectivity index (χ0) is 16.2. The monoisotopic (exact) mass is 363 g/mol. The topological polar surface area (TPSA) is 37.8 Å². The van der Waals surface area contributed by atoms with Crippen molar-refractivity contribution in [1.29, 1.82) is 0 Å². The van der Waals surface area contributed by atoms with Gasteiger partial charge in [-0.15, -0.1) is 0 Å². The van der Waals surface area contributed by atoms with Crippen LogP contribution in [0.15, 0.2) is 42.9 Å². The van der Waals surface area contributed by atoms with Crippen molar-refractivity contribution >= 4 is 39.7 Å². The predicted octanol–water partition coefficient (Wildman–Crippen LogP) is 6.00. The summed E-state index contributed by atoms with van der Waals surface area (Å²) in [6.45, 7) is 3.04. The second-order valence-electron chi connectivity index (χ2n) is 5.00. The number of benzene rings is 1. The fraction of sp³-hybridized carbons (Fsp3) is 0.176. The molecule has 3 aromatic rings. The van der Waals surface area contributed by atoms with Gasteiger partial charge in [-0.05, 0) is 30.7 Å². The van der Waals surface area contributed by atoms with Gasteiger partial charge in [-0.1, -0.05) is 41.5 Å². The first-order chi connectivity index (χ1) is 11.2. The second kappa shape index (κ2) is 7.30. The Hall–Kier alpha value is -1.62. The van der Waals surface area contributed by atoms with E-state index in [4.69, 9.17) is 23.2 Å². The summed E-state index contributed by atoms with van der Waals surface area (Å²) in [5, 5.41) is 5.52. The van der Waals surface area contributed by atoms with Crippen LogP contribution in [0.2, 0.25) is 10.0 Å². The molecule has 1 N–H and O–H groups in total. The van der Waals surface area contributed by atoms with Crippen LogP contribution in [0.4, 0.5) is 5.13 Å². The minimum Gasteiger partial charge on any atom is -0.362 e. The largest absolute Gasteiger partial charge is 0.362 e. The van der Waals surface area contributed by atoms with E-state index >= 15 is 0 Å². The summed E-state index contributed by atoms with van der Waals surface area (Å²) in [6, 6.07) is 7.42. The van der Waals surface area contributed by atoms with Gasteiger partial charge < -0.3 is 5.32 Å². The molecule has 0 saturated heterocycles. The molecular formula is C17H15Cl2N3S. The molecule has 0 fully saturated rings. The van der Waals surface area contributed by atoms with E-state index in [1.54, 1.807) is 29.7 Å². The second-order valence-corrected chi connectivity index (χ2v) is 6.88. The van der Waals surface area contributed by atoms with E-state index in [9.17, 15) is 0 Å². The normalized spacial score (nSPS) is 10.7. The molecule has 2 aromatic heterocycles. The third kappa shape index (κ3) is 3.66. The van der Waals surface area contributed by atoms with E-state index in [0.717, 1.165) is 39.7 Å². The number of nitrogens with one attached hydrogen (secondary N) is 1. The van der Waals surface area contributed by atoms with Gasteiger partial charge in [-0.2, -0.15) is 0 Å². The highest BCUT2D eigenvalue weighted by Crippen LogP contribution is 2.39. The number of hydrogen-bond donors (Lipinski definition) is 1. The summed E-state index contributed by atoms with van der Waals surface area (Å²) in [7, 11) is 0. The smallest absolute Gasteiger partial charge is 0.183 e. The minimum absolute atomic E-state index is 0.647. The molecule has 0 aliphatic carbocycles. The summed E-state index contributed by atoms with van der Waals surface area (Å²) in [6.07, 6.45) is 6.52. The summed E-state index contributed by atoms with van der Waals surface area (Å²) in [4.78, 5) is 9.74. The Bertz CT molecular complexity index is 817. The van der Waals surface area contributed by atoms with Gasteiger partial charge in [0.1, 0.15) is 0 Å². The fourth-order valence-electron chi connectivity index (χ4n) is 2.24. The van der Waals surface area contributed by atoms with Crippen LogP contribution >= 0.6 is 34.5 Å². The van der Waals surface area contributed by atoms with E-state index in [1.807, 2.05) is 24.5 Å². The lowest BCUT2D eigenvalue weighted by Crippen LogP contribution is -1.97. The molecule has 0 saturated carbocycles. The molecule has 0 radical (unpaired) electrons. The molecule has 0 atom stereocenters. The predicted molar refractivity (Wildman–Crippen MR) is 99.6 cm³/mol. The summed E-state index contributed by atoms with van der Waals surface area (Å²) in [5.41, 5.74) is 2.87. The molecule has 0 amide bonds. The van der Waals surface area contributed by atoms with Crippen LogP contribution in [0.3, 0.4) is 0 Å². The van der Waals surface area contributed by atoms with Gasteiger partial charge in [-0.25, -0.2) is 4.98 Å². The van der Waals surface area contributed by atoms with Gasteiger partial charge in [0.25, 0.3) is 0 Å². The van der Waals surface area contributed by atoms with Crippen molar-refractivity contribution in [3.63, 3.8) is 0 Å². The van der Waals surface area contributed by atoms with Crippen molar-refractivity contribution in [2.24, 2.45) is 0 Å². The number of aromatic nitrogens is 2. The zero-order valence-corrected chi connectivity index (χ0v) is 14.8. The quantitative estimate of drug-likeness (QED) is 0.603. The molecule has 0 aliphatic heterocycles. The highest BCUT2D eigenvalue weighted by molar-refractivity contribution is 7.18. The molecule has 2 heterocycles. The standard InChI is InChI=1S/C17H15Cl2N3S/c1-2-6-21-17-22-10-16(23-17)12-5-7-20-9-14(12)13-8-11(18)3-4-15(13)19/h3-5,7-10H,2,6H2,1H3,(H,21,22). The summed E-state index contributed by atoms with van der Waals surface area (Å²) < 4.78 is 0. The molecule has 0 bridgehead atoms. The molecule has 23 heavy (non-hydrogen) atoms. The van der Waals surface area contributed by atoms with Gasteiger partial charge in [0.2, 0.25) is 0 Å². The lowest BCUT2D eigenvalue weighted by molar-refractivity contribution is 0.976. The van der Waals surface area contributed by atoms with Gasteiger partial charge >= 0.3 is 0 Å². The van der Waals surface area contributed by atoms with Crippen molar-refractivity contribution < 1.29 is 0 Å². The van der Waals surface area contributed by atoms with E-state index in [2.05, 4.69) is 22.2 Å². The minimum atomic E-state index is 0.647. The average molecular weight is 364 g/mol. The molecule has 1 aromatic carbocycles. The van der Waals surface area contributed by atoms with Gasteiger partial charge in [0, 0.05) is 51.9 Å². The van der Waals surface area contributed by atoms with E-state index in [-0.39, 0.29) is 0 Å². The van der Waals surface area contributed by atoms with E-state index in [1.165, 1.54) is 0 Å². The van der Waals surface area contributed by atoms with Gasteiger partial charge in [0.15, 0.2) is 5.13 Å². The Morgan fingerprint density at radius 1 is 1.09 bits per heavy atom. The van der Waals surface area contributed by atoms with E-state index < -0.39 is 0 Å². The van der Waals surface area contributed by atoms with Gasteiger partial charge in [0.05, 0.1) is 4.88 Å². The maximum Gasteiger partial charge on any atom is 0.183 e. The van der Waals surface area contributed by atoms with Crippen LogP contribution < -0.4 is 5.32 Å². The van der Waals surface area contributed by atoms with Crippen LogP contribution in [0, 0.1) is 0 Å². The van der Waals surface area contributed by atoms with Crippen LogP contribution in [0.1, 0.15) is 13.3 Å². The lowest BCUT2D eigenvalue weighted by atomic mass is 10.0. The molecule has 6 heteroatoms. The Morgan fingerprint density at radius 3 is 2.78 bits per heavy atom. The summed E-state index contributed by atoms with van der Waals surface area (Å²) in [5.74, 6) is 0. The Morgan fingerprint density at radius 2 is 1.96 bits per heavy atom. The lowest BCUT2D eigenvalue weighted by Gasteiger charge is -2.09. The number of hydrogen-bond acceptors (Lipinski definition) is 4. The third-order valence-electron chi connectivity index (χ3n) is 3.34. The number of nitrogens with zero attached hydrogens (tertiary/aromatic N) is 2. The Labute approximate surface area is 149 Å². The number of thiazole rings is 1. The zero-order valence-electron chi connectivity index (χ0n) is 12.5. The Balaban J connectivity index is 2.04. The van der Waals surface area contributed by atoms with Crippen molar-refractivity contribution in [3.05, 3.63) is 52.9 Å². The molecule has 0 spiro atoms.